The molecule has 0 aromatic heterocycles. The highest BCUT2D eigenvalue weighted by molar-refractivity contribution is 6.30. The summed E-state index contributed by atoms with van der Waals surface area (Å²) >= 11 is 5.63. The van der Waals surface area contributed by atoms with Crippen LogP contribution in [0.1, 0.15) is 47.2 Å². The van der Waals surface area contributed by atoms with Crippen molar-refractivity contribution in [3.63, 3.8) is 0 Å². The number of aliphatic hydroxyl groups excluding tert-OH is 1. The van der Waals surface area contributed by atoms with Gasteiger partial charge >= 0.3 is 0 Å². The number of nitrogens with one attached hydrogen (secondary N) is 1. The quantitative estimate of drug-likeness (QED) is 0.620. The Kier molecular flexibility index (Phi) is 5.32. The Labute approximate surface area is 179 Å². The number of aryl methyl sites for hydroxylation is 1. The van der Waals surface area contributed by atoms with Crippen LogP contribution in [0.2, 0.25) is 5.02 Å². The molecule has 2 N–H and O–H groups in total. The van der Waals surface area contributed by atoms with E-state index in [1.807, 2.05) is 13.0 Å². The standard InChI is InChI=1S/C23H23ClFNO4/c1-14-2-3-15(6-16(14)9-27)20(28)8-22-11-23(12-22,13-22)26-21(29)10-30-17-4-5-18(24)19(25)7-17/h2-7,27H,8-13H2,1H3,(H,26,29). The Hall–Kier alpha value is -2.44. The normalized spacial score (nSPS) is 23.9. The maximum absolute atomic E-state index is 13.4. The van der Waals surface area contributed by atoms with Gasteiger partial charge in [0, 0.05) is 23.6 Å². The van der Waals surface area contributed by atoms with Gasteiger partial charge in [-0.2, -0.15) is 0 Å². The summed E-state index contributed by atoms with van der Waals surface area (Å²) < 4.78 is 18.8. The second-order valence-electron chi connectivity index (χ2n) is 8.62. The SMILES string of the molecule is Cc1ccc(C(=O)CC23CC(NC(=O)COc4ccc(Cl)c(F)c4)(C2)C3)cc1CO. The van der Waals surface area contributed by atoms with Crippen LogP contribution in [0.5, 0.6) is 5.75 Å². The molecule has 0 spiro atoms. The molecule has 3 fully saturated rings. The Morgan fingerprint density at radius 3 is 2.60 bits per heavy atom. The summed E-state index contributed by atoms with van der Waals surface area (Å²) in [4.78, 5) is 24.9. The monoisotopic (exact) mass is 431 g/mol. The molecule has 0 radical (unpaired) electrons. The van der Waals surface area contributed by atoms with E-state index in [1.165, 1.54) is 12.1 Å². The van der Waals surface area contributed by atoms with E-state index < -0.39 is 5.82 Å². The van der Waals surface area contributed by atoms with Gasteiger partial charge in [-0.25, -0.2) is 4.39 Å². The largest absolute Gasteiger partial charge is 0.484 e. The van der Waals surface area contributed by atoms with Gasteiger partial charge in [-0.3, -0.25) is 9.59 Å². The van der Waals surface area contributed by atoms with E-state index in [2.05, 4.69) is 5.32 Å². The van der Waals surface area contributed by atoms with Gasteiger partial charge in [-0.05, 0) is 60.9 Å². The average Bonchev–Trinajstić information content (AvgIpc) is 2.66. The second kappa shape index (κ2) is 7.67. The van der Waals surface area contributed by atoms with E-state index in [1.54, 1.807) is 12.1 Å². The van der Waals surface area contributed by atoms with Crippen LogP contribution in [0, 0.1) is 18.2 Å². The lowest BCUT2D eigenvalue weighted by Crippen LogP contribution is -2.75. The van der Waals surface area contributed by atoms with E-state index in [0.717, 1.165) is 36.5 Å². The Morgan fingerprint density at radius 1 is 1.20 bits per heavy atom. The van der Waals surface area contributed by atoms with Crippen LogP contribution in [0.4, 0.5) is 4.39 Å². The van der Waals surface area contributed by atoms with Gasteiger partial charge in [-0.15, -0.1) is 0 Å². The molecule has 1 amide bonds. The van der Waals surface area contributed by atoms with Gasteiger partial charge in [0.25, 0.3) is 5.91 Å². The highest BCUT2D eigenvalue weighted by atomic mass is 35.5. The molecule has 5 nitrogen and oxygen atoms in total. The molecule has 0 atom stereocenters. The number of aliphatic hydroxyl groups is 1. The summed E-state index contributed by atoms with van der Waals surface area (Å²) in [5.74, 6) is -0.555. The van der Waals surface area contributed by atoms with Gasteiger partial charge in [0.05, 0.1) is 11.6 Å². The molecule has 3 aliphatic rings. The third kappa shape index (κ3) is 3.94. The van der Waals surface area contributed by atoms with Crippen molar-refractivity contribution >= 4 is 23.3 Å². The number of rotatable bonds is 8. The summed E-state index contributed by atoms with van der Waals surface area (Å²) in [5.41, 5.74) is 2.05. The van der Waals surface area contributed by atoms with Crippen molar-refractivity contribution in [3.8, 4) is 5.75 Å². The molecule has 3 aliphatic carbocycles. The minimum atomic E-state index is -0.597. The number of amides is 1. The Bertz CT molecular complexity index is 1000. The first-order valence-corrected chi connectivity index (χ1v) is 10.2. The lowest BCUT2D eigenvalue weighted by Gasteiger charge is -2.70. The predicted octanol–water partition coefficient (Wildman–Crippen LogP) is 3.97. The summed E-state index contributed by atoms with van der Waals surface area (Å²) in [6.45, 7) is 1.61. The van der Waals surface area contributed by atoms with Crippen molar-refractivity contribution in [3.05, 3.63) is 63.9 Å². The molecule has 7 heteroatoms. The van der Waals surface area contributed by atoms with Crippen molar-refractivity contribution < 1.29 is 23.8 Å². The number of Topliss-reactive ketones (excluding diaryl/α,β-unsaturated/α-hetero) is 1. The van der Waals surface area contributed by atoms with Crippen molar-refractivity contribution in [1.82, 2.24) is 5.32 Å². The highest BCUT2D eigenvalue weighted by Crippen LogP contribution is 2.69. The minimum absolute atomic E-state index is 0.00117. The molecule has 2 aromatic carbocycles. The summed E-state index contributed by atoms with van der Waals surface area (Å²) in [6.07, 6.45) is 2.75. The third-order valence-corrected chi connectivity index (χ3v) is 6.49. The van der Waals surface area contributed by atoms with E-state index in [4.69, 9.17) is 16.3 Å². The maximum atomic E-state index is 13.4. The zero-order valence-corrected chi connectivity index (χ0v) is 17.4. The highest BCUT2D eigenvalue weighted by Gasteiger charge is 2.68. The number of halogens is 2. The molecular formula is C23H23ClFNO4. The van der Waals surface area contributed by atoms with Crippen LogP contribution in [-0.4, -0.2) is 28.9 Å². The molecule has 3 saturated carbocycles. The molecule has 158 valence electrons. The lowest BCUT2D eigenvalue weighted by atomic mass is 9.38. The summed E-state index contributed by atoms with van der Waals surface area (Å²) in [7, 11) is 0. The van der Waals surface area contributed by atoms with Crippen molar-refractivity contribution in [2.24, 2.45) is 5.41 Å². The van der Waals surface area contributed by atoms with Crippen molar-refractivity contribution in [1.29, 1.82) is 0 Å². The fourth-order valence-corrected chi connectivity index (χ4v) is 4.94. The zero-order chi connectivity index (χ0) is 21.5. The molecule has 5 rings (SSSR count). The number of carbonyl (C=O) groups excluding carboxylic acids is 2. The average molecular weight is 432 g/mol. The van der Waals surface area contributed by atoms with E-state index in [0.29, 0.717) is 12.0 Å². The number of carbonyl (C=O) groups is 2. The van der Waals surface area contributed by atoms with Gasteiger partial charge < -0.3 is 15.2 Å². The molecule has 2 bridgehead atoms. The zero-order valence-electron chi connectivity index (χ0n) is 16.6. The van der Waals surface area contributed by atoms with Gasteiger partial charge in [0.15, 0.2) is 12.4 Å². The van der Waals surface area contributed by atoms with E-state index in [9.17, 15) is 19.1 Å². The summed E-state index contributed by atoms with van der Waals surface area (Å²) in [5, 5.41) is 12.4. The van der Waals surface area contributed by atoms with Crippen LogP contribution in [0.15, 0.2) is 36.4 Å². The minimum Gasteiger partial charge on any atom is -0.484 e. The maximum Gasteiger partial charge on any atom is 0.258 e. The number of ketones is 1. The van der Waals surface area contributed by atoms with Crippen molar-refractivity contribution in [2.75, 3.05) is 6.61 Å². The number of hydrogen-bond acceptors (Lipinski definition) is 4. The Balaban J connectivity index is 1.25. The Morgan fingerprint density at radius 2 is 1.93 bits per heavy atom. The van der Waals surface area contributed by atoms with Gasteiger partial charge in [0.1, 0.15) is 11.6 Å². The number of ether oxygens (including phenoxy) is 1. The molecule has 30 heavy (non-hydrogen) atoms. The van der Waals surface area contributed by atoms with Gasteiger partial charge in [-0.1, -0.05) is 23.7 Å². The fraction of sp³-hybridized carbons (Fsp3) is 0.391. The molecule has 0 unspecified atom stereocenters. The molecule has 2 aromatic rings. The summed E-state index contributed by atoms with van der Waals surface area (Å²) in [6, 6.07) is 9.45. The molecule has 0 heterocycles. The smallest absolute Gasteiger partial charge is 0.258 e. The van der Waals surface area contributed by atoms with Gasteiger partial charge in [0.2, 0.25) is 0 Å². The number of benzene rings is 2. The molecule has 0 saturated heterocycles. The second-order valence-corrected chi connectivity index (χ2v) is 9.03. The first kappa shape index (κ1) is 20.8. The topological polar surface area (TPSA) is 75.6 Å². The predicted molar refractivity (Wildman–Crippen MR) is 110 cm³/mol. The van der Waals surface area contributed by atoms with Crippen LogP contribution < -0.4 is 10.1 Å². The third-order valence-electron chi connectivity index (χ3n) is 6.18. The van der Waals surface area contributed by atoms with Crippen molar-refractivity contribution in [2.45, 2.75) is 44.8 Å². The lowest BCUT2D eigenvalue weighted by molar-refractivity contribution is -0.164. The first-order chi connectivity index (χ1) is 14.2. The fourth-order valence-electron chi connectivity index (χ4n) is 4.82. The molecular weight excluding hydrogens is 409 g/mol. The molecule has 0 aliphatic heterocycles. The van der Waals surface area contributed by atoms with E-state index >= 15 is 0 Å². The van der Waals surface area contributed by atoms with Crippen LogP contribution in [0.3, 0.4) is 0 Å². The van der Waals surface area contributed by atoms with Crippen LogP contribution in [0.25, 0.3) is 0 Å². The number of hydrogen-bond donors (Lipinski definition) is 2. The van der Waals surface area contributed by atoms with Crippen LogP contribution in [-0.2, 0) is 11.4 Å². The van der Waals surface area contributed by atoms with Crippen LogP contribution >= 0.6 is 11.6 Å². The van der Waals surface area contributed by atoms with E-state index in [-0.39, 0.29) is 46.6 Å². The first-order valence-electron chi connectivity index (χ1n) is 9.86.